The summed E-state index contributed by atoms with van der Waals surface area (Å²) < 4.78 is 12.0. The first-order chi connectivity index (χ1) is 17.0. The van der Waals surface area contributed by atoms with Crippen LogP contribution in [0.3, 0.4) is 0 Å². The van der Waals surface area contributed by atoms with Gasteiger partial charge in [-0.1, -0.05) is 12.1 Å². The Morgan fingerprint density at radius 3 is 2.75 bits per heavy atom. The van der Waals surface area contributed by atoms with Crippen LogP contribution in [0.1, 0.15) is 42.9 Å². The molecule has 0 radical (unpaired) electrons. The van der Waals surface area contributed by atoms with Crippen LogP contribution in [0.4, 0.5) is 0 Å². The lowest BCUT2D eigenvalue weighted by atomic mass is 9.50. The van der Waals surface area contributed by atoms with Gasteiger partial charge in [0.15, 0.2) is 6.10 Å². The number of likely N-dealkylation sites (tertiary alicyclic amines) is 1. The fourth-order valence-corrected chi connectivity index (χ4v) is 6.46. The number of piperidine rings is 1. The number of nitrogens with one attached hydrogen (secondary N) is 1. The fourth-order valence-electron chi connectivity index (χ4n) is 6.46. The average molecular weight is 503 g/mol. The molecule has 1 spiro atoms. The second-order valence-corrected chi connectivity index (χ2v) is 10.2. The third-order valence-corrected chi connectivity index (χ3v) is 8.22. The first-order valence-corrected chi connectivity index (χ1v) is 12.0. The van der Waals surface area contributed by atoms with Crippen molar-refractivity contribution in [3.05, 3.63) is 40.7 Å². The Morgan fingerprint density at radius 2 is 2.08 bits per heavy atom. The smallest absolute Gasteiger partial charge is 0.326 e. The van der Waals surface area contributed by atoms with Crippen molar-refractivity contribution in [3.8, 4) is 5.75 Å². The van der Waals surface area contributed by atoms with Gasteiger partial charge in [-0.2, -0.15) is 0 Å². The molecule has 1 amide bonds. The second kappa shape index (κ2) is 8.55. The number of ether oxygens (including phenoxy) is 2. The van der Waals surface area contributed by atoms with Crippen LogP contribution in [0.5, 0.6) is 5.75 Å². The van der Waals surface area contributed by atoms with Gasteiger partial charge in [-0.3, -0.25) is 9.59 Å². The third kappa shape index (κ3) is 3.37. The first-order valence-electron chi connectivity index (χ1n) is 12.0. The molecule has 1 aromatic rings. The average Bonchev–Trinajstić information content (AvgIpc) is 3.18. The number of aliphatic hydroxyl groups is 3. The molecule has 2 unspecified atom stereocenters. The molecular formula is C25H30N2O9. The van der Waals surface area contributed by atoms with E-state index >= 15 is 0 Å². The van der Waals surface area contributed by atoms with E-state index in [4.69, 9.17) is 9.47 Å². The number of likely N-dealkylation sites (N-methyl/N-ethyl adjacent to an activating group) is 1. The molecule has 0 saturated carbocycles. The maximum Gasteiger partial charge on any atom is 0.326 e. The van der Waals surface area contributed by atoms with Crippen molar-refractivity contribution >= 4 is 17.8 Å². The standard InChI is InChI=1S/C25H30N2O9/c1-12(29)22(31)26-15(23(32)33)10-18(30)35-16-5-6-25(34)17-9-13-3-4-14(11-28)20-19(13)24(25,21(16)36-20)7-8-27(17)2/h3-5,12,15,17,21,28-29,34H,6-11H2,1-2H3,(H,26,31)(H,32,33)/t12-,15-,17+,21?,24?,25+/m0/s1. The van der Waals surface area contributed by atoms with Crippen LogP contribution >= 0.6 is 0 Å². The van der Waals surface area contributed by atoms with E-state index in [1.54, 1.807) is 12.1 Å². The first kappa shape index (κ1) is 24.7. The van der Waals surface area contributed by atoms with Gasteiger partial charge in [0.2, 0.25) is 5.91 Å². The van der Waals surface area contributed by atoms with Crippen LogP contribution in [0.15, 0.2) is 24.0 Å². The Balaban J connectivity index is 1.48. The van der Waals surface area contributed by atoms with Gasteiger partial charge in [-0.25, -0.2) is 4.79 Å². The zero-order valence-corrected chi connectivity index (χ0v) is 20.1. The Kier molecular flexibility index (Phi) is 5.86. The van der Waals surface area contributed by atoms with Crippen LogP contribution in [0.2, 0.25) is 0 Å². The summed E-state index contributed by atoms with van der Waals surface area (Å²) in [5.74, 6) is -2.60. The van der Waals surface area contributed by atoms with Gasteiger partial charge in [-0.05, 0) is 45.0 Å². The molecule has 1 saturated heterocycles. The highest BCUT2D eigenvalue weighted by Gasteiger charge is 2.71. The second-order valence-electron chi connectivity index (χ2n) is 10.2. The van der Waals surface area contributed by atoms with E-state index in [1.165, 1.54) is 6.92 Å². The molecule has 5 N–H and O–H groups in total. The summed E-state index contributed by atoms with van der Waals surface area (Å²) >= 11 is 0. The molecule has 11 nitrogen and oxygen atoms in total. The summed E-state index contributed by atoms with van der Waals surface area (Å²) in [6.07, 6.45) is 0.0254. The van der Waals surface area contributed by atoms with E-state index in [1.807, 2.05) is 13.1 Å². The largest absolute Gasteiger partial charge is 0.481 e. The minimum Gasteiger partial charge on any atom is -0.481 e. The summed E-state index contributed by atoms with van der Waals surface area (Å²) in [5.41, 5.74) is 0.358. The van der Waals surface area contributed by atoms with Crippen LogP contribution in [0, 0.1) is 0 Å². The maximum absolute atomic E-state index is 12.8. The van der Waals surface area contributed by atoms with Crippen LogP contribution in [0.25, 0.3) is 0 Å². The van der Waals surface area contributed by atoms with Gasteiger partial charge in [0.25, 0.3) is 0 Å². The van der Waals surface area contributed by atoms with Crippen LogP contribution in [-0.2, 0) is 37.6 Å². The van der Waals surface area contributed by atoms with E-state index in [9.17, 15) is 34.8 Å². The van der Waals surface area contributed by atoms with Gasteiger partial charge in [0.05, 0.1) is 24.0 Å². The third-order valence-electron chi connectivity index (χ3n) is 8.22. The Hall–Kier alpha value is -2.99. The Bertz CT molecular complexity index is 1160. The number of carbonyl (C=O) groups is 3. The molecule has 6 atom stereocenters. The predicted molar refractivity (Wildman–Crippen MR) is 123 cm³/mol. The minimum absolute atomic E-state index is 0.173. The van der Waals surface area contributed by atoms with E-state index in [0.29, 0.717) is 30.7 Å². The van der Waals surface area contributed by atoms with Gasteiger partial charge in [-0.15, -0.1) is 0 Å². The fraction of sp³-hybridized carbons (Fsp3) is 0.560. The van der Waals surface area contributed by atoms with Gasteiger partial charge in [0, 0.05) is 23.6 Å². The number of carboxylic acid groups (broad SMARTS) is 1. The van der Waals surface area contributed by atoms with E-state index in [0.717, 1.165) is 11.1 Å². The number of amides is 1. The highest BCUT2D eigenvalue weighted by molar-refractivity contribution is 5.88. The molecule has 4 aliphatic rings. The van der Waals surface area contributed by atoms with Crippen molar-refractivity contribution in [1.82, 2.24) is 10.2 Å². The van der Waals surface area contributed by atoms with Crippen molar-refractivity contribution in [3.63, 3.8) is 0 Å². The van der Waals surface area contributed by atoms with Gasteiger partial charge < -0.3 is 40.1 Å². The summed E-state index contributed by atoms with van der Waals surface area (Å²) in [5, 5.41) is 43.0. The molecular weight excluding hydrogens is 472 g/mol. The van der Waals surface area contributed by atoms with E-state index < -0.39 is 53.5 Å². The monoisotopic (exact) mass is 502 g/mol. The van der Waals surface area contributed by atoms with Gasteiger partial charge in [0.1, 0.15) is 23.7 Å². The van der Waals surface area contributed by atoms with Crippen LogP contribution in [-0.4, -0.2) is 86.7 Å². The summed E-state index contributed by atoms with van der Waals surface area (Å²) in [6.45, 7) is 1.61. The molecule has 2 aliphatic carbocycles. The topological polar surface area (TPSA) is 166 Å². The van der Waals surface area contributed by atoms with E-state index in [2.05, 4.69) is 10.2 Å². The van der Waals surface area contributed by atoms with Crippen molar-refractivity contribution in [1.29, 1.82) is 0 Å². The lowest BCUT2D eigenvalue weighted by molar-refractivity contribution is -0.169. The maximum atomic E-state index is 12.8. The number of carbonyl (C=O) groups excluding carboxylic acids is 2. The molecule has 5 rings (SSSR count). The number of aliphatic hydroxyl groups excluding tert-OH is 2. The Labute approximate surface area is 207 Å². The quantitative estimate of drug-likeness (QED) is 0.302. The molecule has 1 aromatic carbocycles. The normalized spacial score (nSPS) is 31.4. The van der Waals surface area contributed by atoms with Crippen molar-refractivity contribution in [2.24, 2.45) is 0 Å². The molecule has 2 aliphatic heterocycles. The lowest BCUT2D eigenvalue weighted by Gasteiger charge is -2.61. The number of aliphatic carboxylic acids is 1. The Morgan fingerprint density at radius 1 is 1.33 bits per heavy atom. The van der Waals surface area contributed by atoms with Crippen LogP contribution < -0.4 is 10.1 Å². The zero-order valence-electron chi connectivity index (χ0n) is 20.1. The number of hydrogen-bond acceptors (Lipinski definition) is 9. The molecule has 0 aromatic heterocycles. The number of esters is 1. The molecule has 1 fully saturated rings. The number of benzene rings is 1. The lowest BCUT2D eigenvalue weighted by Crippen LogP contribution is -2.74. The molecule has 36 heavy (non-hydrogen) atoms. The summed E-state index contributed by atoms with van der Waals surface area (Å²) in [4.78, 5) is 38.3. The van der Waals surface area contributed by atoms with E-state index in [-0.39, 0.29) is 24.8 Å². The number of nitrogens with zero attached hydrogens (tertiary/aromatic N) is 1. The highest BCUT2D eigenvalue weighted by atomic mass is 16.6. The predicted octanol–water partition coefficient (Wildman–Crippen LogP) is -0.660. The van der Waals surface area contributed by atoms with Gasteiger partial charge >= 0.3 is 11.9 Å². The molecule has 2 heterocycles. The number of rotatable bonds is 7. The summed E-state index contributed by atoms with van der Waals surface area (Å²) in [7, 11) is 1.97. The molecule has 11 heteroatoms. The zero-order chi connectivity index (χ0) is 26.0. The molecule has 2 bridgehead atoms. The number of carboxylic acids is 1. The number of hydrogen-bond donors (Lipinski definition) is 5. The van der Waals surface area contributed by atoms with Crippen molar-refractivity contribution < 1.29 is 44.3 Å². The van der Waals surface area contributed by atoms with Crippen molar-refractivity contribution in [2.75, 3.05) is 13.6 Å². The minimum atomic E-state index is -1.59. The highest BCUT2D eigenvalue weighted by Crippen LogP contribution is 2.64. The molecule has 194 valence electrons. The van der Waals surface area contributed by atoms with Crippen molar-refractivity contribution in [2.45, 2.75) is 74.5 Å². The summed E-state index contributed by atoms with van der Waals surface area (Å²) in [6, 6.07) is 1.99. The SMILES string of the molecule is C[C@H](O)C(=O)N[C@@H](CC(=O)OC1=CC[C@@]2(O)[C@H]3Cc4ccc(CO)c5c4C2(CCN3C)C1O5)C(=O)O.